The molecule has 0 radical (unpaired) electrons. The van der Waals surface area contributed by atoms with Crippen LogP contribution in [0.1, 0.15) is 33.6 Å². The zero-order valence-corrected chi connectivity index (χ0v) is 21.1. The van der Waals surface area contributed by atoms with E-state index in [1.807, 2.05) is 51.1 Å². The van der Waals surface area contributed by atoms with Crippen LogP contribution >= 0.6 is 22.7 Å². The number of carbonyl (C=O) groups excluding carboxylic acids is 1. The lowest BCUT2D eigenvalue weighted by Gasteiger charge is -2.33. The van der Waals surface area contributed by atoms with E-state index < -0.39 is 5.60 Å². The molecular formula is C26H27N3O3S2. The van der Waals surface area contributed by atoms with Crippen molar-refractivity contribution < 1.29 is 14.3 Å². The molecule has 0 unspecified atom stereocenters. The molecule has 0 atom stereocenters. The monoisotopic (exact) mass is 493 g/mol. The standard InChI is InChI=1S/C26H27N3O3S2/c1-26(2,3)32-25(30)29-13-11-17(12-14-29)31-19-8-4-7-18-22(19)28-24(21-10-6-16-34-21)23(27-18)20-9-5-15-33-20/h4-10,15-17H,11-14H2,1-3H3. The third kappa shape index (κ3) is 4.93. The Bertz CT molecular complexity index is 1270. The summed E-state index contributed by atoms with van der Waals surface area (Å²) in [6.07, 6.45) is 1.24. The Morgan fingerprint density at radius 3 is 2.18 bits per heavy atom. The number of fused-ring (bicyclic) bond motifs is 1. The Labute approximate surface area is 207 Å². The van der Waals surface area contributed by atoms with Crippen LogP contribution in [0.15, 0.2) is 53.2 Å². The highest BCUT2D eigenvalue weighted by atomic mass is 32.1. The van der Waals surface area contributed by atoms with E-state index in [2.05, 4.69) is 22.9 Å². The maximum absolute atomic E-state index is 12.4. The van der Waals surface area contributed by atoms with E-state index >= 15 is 0 Å². The fourth-order valence-electron chi connectivity index (χ4n) is 3.98. The van der Waals surface area contributed by atoms with Crippen molar-refractivity contribution in [3.8, 4) is 26.9 Å². The van der Waals surface area contributed by atoms with Crippen molar-refractivity contribution in [1.29, 1.82) is 0 Å². The van der Waals surface area contributed by atoms with Gasteiger partial charge in [0.2, 0.25) is 0 Å². The minimum absolute atomic E-state index is 0.00764. The van der Waals surface area contributed by atoms with Gasteiger partial charge in [-0.15, -0.1) is 22.7 Å². The van der Waals surface area contributed by atoms with Crippen LogP contribution in [0.2, 0.25) is 0 Å². The van der Waals surface area contributed by atoms with Crippen LogP contribution in [-0.2, 0) is 4.74 Å². The van der Waals surface area contributed by atoms with Crippen molar-refractivity contribution in [3.05, 3.63) is 53.2 Å². The molecule has 0 bridgehead atoms. The van der Waals surface area contributed by atoms with Gasteiger partial charge in [0, 0.05) is 25.9 Å². The smallest absolute Gasteiger partial charge is 0.410 e. The molecule has 1 aliphatic rings. The topological polar surface area (TPSA) is 64.5 Å². The summed E-state index contributed by atoms with van der Waals surface area (Å²) in [5.41, 5.74) is 2.86. The molecule has 4 heterocycles. The van der Waals surface area contributed by atoms with Gasteiger partial charge in [-0.05, 0) is 55.8 Å². The van der Waals surface area contributed by atoms with Gasteiger partial charge in [-0.2, -0.15) is 0 Å². The third-order valence-corrected chi connectivity index (χ3v) is 7.31. The summed E-state index contributed by atoms with van der Waals surface area (Å²) < 4.78 is 11.9. The average Bonchev–Trinajstić information content (AvgIpc) is 3.52. The van der Waals surface area contributed by atoms with Gasteiger partial charge in [-0.25, -0.2) is 14.8 Å². The molecule has 0 saturated carbocycles. The predicted octanol–water partition coefficient (Wildman–Crippen LogP) is 6.87. The molecule has 0 N–H and O–H groups in total. The quantitative estimate of drug-likeness (QED) is 0.311. The Kier molecular flexibility index (Phi) is 6.27. The van der Waals surface area contributed by atoms with Gasteiger partial charge < -0.3 is 14.4 Å². The van der Waals surface area contributed by atoms with Crippen molar-refractivity contribution >= 4 is 39.8 Å². The number of para-hydroxylation sites is 1. The summed E-state index contributed by atoms with van der Waals surface area (Å²) in [6.45, 7) is 6.88. The molecule has 1 amide bonds. The van der Waals surface area contributed by atoms with Crippen LogP contribution in [0.4, 0.5) is 4.79 Å². The van der Waals surface area contributed by atoms with E-state index in [4.69, 9.17) is 19.4 Å². The highest BCUT2D eigenvalue weighted by molar-refractivity contribution is 7.14. The summed E-state index contributed by atoms with van der Waals surface area (Å²) >= 11 is 3.32. The zero-order valence-electron chi connectivity index (χ0n) is 19.5. The van der Waals surface area contributed by atoms with Gasteiger partial charge >= 0.3 is 6.09 Å². The number of nitrogens with zero attached hydrogens (tertiary/aromatic N) is 3. The minimum Gasteiger partial charge on any atom is -0.488 e. The Hall–Kier alpha value is -2.97. The molecule has 34 heavy (non-hydrogen) atoms. The first-order valence-corrected chi connectivity index (χ1v) is 13.2. The second kappa shape index (κ2) is 9.35. The SMILES string of the molecule is CC(C)(C)OC(=O)N1CCC(Oc2cccc3nc(-c4cccs4)c(-c4cccs4)nc23)CC1. The van der Waals surface area contributed by atoms with Crippen molar-refractivity contribution in [3.63, 3.8) is 0 Å². The highest BCUT2D eigenvalue weighted by Gasteiger charge is 2.28. The van der Waals surface area contributed by atoms with E-state index in [-0.39, 0.29) is 12.2 Å². The summed E-state index contributed by atoms with van der Waals surface area (Å²) in [5, 5.41) is 4.11. The first kappa shape index (κ1) is 22.8. The molecule has 1 aromatic carbocycles. The molecule has 5 rings (SSSR count). The number of likely N-dealkylation sites (tertiary alicyclic amines) is 1. The van der Waals surface area contributed by atoms with Gasteiger partial charge in [-0.3, -0.25) is 0 Å². The number of piperidine rings is 1. The van der Waals surface area contributed by atoms with E-state index in [0.717, 1.165) is 50.8 Å². The highest BCUT2D eigenvalue weighted by Crippen LogP contribution is 2.37. The van der Waals surface area contributed by atoms with Crippen LogP contribution in [0.5, 0.6) is 5.75 Å². The Balaban J connectivity index is 1.40. The molecule has 1 aliphatic heterocycles. The normalized spacial score (nSPS) is 15.0. The van der Waals surface area contributed by atoms with Gasteiger partial charge in [0.1, 0.15) is 34.4 Å². The van der Waals surface area contributed by atoms with Crippen molar-refractivity contribution in [2.75, 3.05) is 13.1 Å². The maximum Gasteiger partial charge on any atom is 0.410 e. The Morgan fingerprint density at radius 2 is 1.59 bits per heavy atom. The van der Waals surface area contributed by atoms with Crippen LogP contribution in [0, 0.1) is 0 Å². The fourth-order valence-corrected chi connectivity index (χ4v) is 5.41. The molecule has 8 heteroatoms. The second-order valence-corrected chi connectivity index (χ2v) is 11.2. The third-order valence-electron chi connectivity index (χ3n) is 5.55. The average molecular weight is 494 g/mol. The first-order valence-electron chi connectivity index (χ1n) is 11.4. The van der Waals surface area contributed by atoms with Crippen molar-refractivity contribution in [2.45, 2.75) is 45.3 Å². The van der Waals surface area contributed by atoms with Crippen LogP contribution < -0.4 is 4.74 Å². The summed E-state index contributed by atoms with van der Waals surface area (Å²) in [5.74, 6) is 0.733. The van der Waals surface area contributed by atoms with E-state index in [1.54, 1.807) is 27.6 Å². The number of benzene rings is 1. The van der Waals surface area contributed by atoms with Gasteiger partial charge in [0.15, 0.2) is 0 Å². The number of hydrogen-bond acceptors (Lipinski definition) is 7. The summed E-state index contributed by atoms with van der Waals surface area (Å²) in [6, 6.07) is 14.1. The molecule has 0 spiro atoms. The molecule has 0 aliphatic carbocycles. The van der Waals surface area contributed by atoms with E-state index in [9.17, 15) is 4.79 Å². The van der Waals surface area contributed by atoms with Crippen molar-refractivity contribution in [2.24, 2.45) is 0 Å². The number of aromatic nitrogens is 2. The summed E-state index contributed by atoms with van der Waals surface area (Å²) in [4.78, 5) is 26.4. The largest absolute Gasteiger partial charge is 0.488 e. The van der Waals surface area contributed by atoms with E-state index in [0.29, 0.717) is 13.1 Å². The van der Waals surface area contributed by atoms with Gasteiger partial charge in [-0.1, -0.05) is 18.2 Å². The minimum atomic E-state index is -0.492. The lowest BCUT2D eigenvalue weighted by molar-refractivity contribution is 0.0127. The lowest BCUT2D eigenvalue weighted by atomic mass is 10.1. The van der Waals surface area contributed by atoms with Crippen LogP contribution in [0.25, 0.3) is 32.2 Å². The number of ether oxygens (including phenoxy) is 2. The molecule has 6 nitrogen and oxygen atoms in total. The lowest BCUT2D eigenvalue weighted by Crippen LogP contribution is -2.44. The summed E-state index contributed by atoms with van der Waals surface area (Å²) in [7, 11) is 0. The molecule has 1 saturated heterocycles. The molecule has 4 aromatic rings. The van der Waals surface area contributed by atoms with Crippen LogP contribution in [-0.4, -0.2) is 45.8 Å². The van der Waals surface area contributed by atoms with Gasteiger partial charge in [0.25, 0.3) is 0 Å². The molecule has 3 aromatic heterocycles. The molecule has 1 fully saturated rings. The second-order valence-electron chi connectivity index (χ2n) is 9.28. The molecule has 176 valence electrons. The first-order chi connectivity index (χ1) is 16.4. The number of rotatable bonds is 4. The van der Waals surface area contributed by atoms with E-state index in [1.165, 1.54) is 0 Å². The molecular weight excluding hydrogens is 466 g/mol. The number of amides is 1. The zero-order chi connectivity index (χ0) is 23.7. The number of carbonyl (C=O) groups is 1. The Morgan fingerprint density at radius 1 is 0.941 bits per heavy atom. The number of thiophene rings is 2. The number of hydrogen-bond donors (Lipinski definition) is 0. The van der Waals surface area contributed by atoms with Crippen LogP contribution in [0.3, 0.4) is 0 Å². The maximum atomic E-state index is 12.4. The fraction of sp³-hybridized carbons (Fsp3) is 0.346. The van der Waals surface area contributed by atoms with Crippen molar-refractivity contribution in [1.82, 2.24) is 14.9 Å². The predicted molar refractivity (Wildman–Crippen MR) is 138 cm³/mol. The van der Waals surface area contributed by atoms with Gasteiger partial charge in [0.05, 0.1) is 15.3 Å².